The van der Waals surface area contributed by atoms with Crippen LogP contribution < -0.4 is 4.90 Å². The minimum absolute atomic E-state index is 0.367. The number of aromatic nitrogens is 2. The van der Waals surface area contributed by atoms with Gasteiger partial charge in [0.25, 0.3) is 0 Å². The molecule has 1 aromatic heterocycles. The number of hydrogen-bond acceptors (Lipinski definition) is 4. The molecule has 20 heavy (non-hydrogen) atoms. The fourth-order valence-electron chi connectivity index (χ4n) is 3.04. The number of nitrogens with zero attached hydrogens (tertiary/aromatic N) is 3. The summed E-state index contributed by atoms with van der Waals surface area (Å²) in [6.07, 6.45) is 3.64. The van der Waals surface area contributed by atoms with E-state index in [4.69, 9.17) is 0 Å². The van der Waals surface area contributed by atoms with Gasteiger partial charge in [0.05, 0.1) is 11.1 Å². The van der Waals surface area contributed by atoms with Crippen LogP contribution in [0.3, 0.4) is 0 Å². The van der Waals surface area contributed by atoms with Crippen LogP contribution in [0.4, 0.5) is 5.82 Å². The minimum Gasteiger partial charge on any atom is -0.390 e. The maximum atomic E-state index is 10.1. The Hall–Kier alpha value is -1.68. The van der Waals surface area contributed by atoms with Crippen LogP contribution in [-0.2, 0) is 0 Å². The van der Waals surface area contributed by atoms with E-state index in [1.165, 1.54) is 0 Å². The number of anilines is 1. The Labute approximate surface area is 119 Å². The molecule has 2 aromatic rings. The second kappa shape index (κ2) is 5.02. The molecule has 0 atom stereocenters. The molecule has 0 saturated carbocycles. The molecule has 1 aliphatic heterocycles. The molecule has 4 nitrogen and oxygen atoms in total. The van der Waals surface area contributed by atoms with E-state index in [-0.39, 0.29) is 0 Å². The fourth-order valence-corrected chi connectivity index (χ4v) is 3.04. The van der Waals surface area contributed by atoms with Gasteiger partial charge in [-0.1, -0.05) is 12.1 Å². The highest BCUT2D eigenvalue weighted by Gasteiger charge is 2.31. The third-order valence-corrected chi connectivity index (χ3v) is 4.32. The summed E-state index contributed by atoms with van der Waals surface area (Å²) in [5, 5.41) is 11.2. The number of fused-ring (bicyclic) bond motifs is 1. The molecular formula is C16H21N3O. The van der Waals surface area contributed by atoms with Crippen molar-refractivity contribution in [2.24, 2.45) is 5.92 Å². The summed E-state index contributed by atoms with van der Waals surface area (Å²) in [5.74, 6) is 1.39. The smallest absolute Gasteiger partial charge is 0.139 e. The Morgan fingerprint density at radius 1 is 1.15 bits per heavy atom. The van der Waals surface area contributed by atoms with Gasteiger partial charge in [-0.15, -0.1) is 0 Å². The van der Waals surface area contributed by atoms with Crippen molar-refractivity contribution in [1.29, 1.82) is 0 Å². The SMILES string of the molecule is CC(C)(O)C1CCN(c2ncnc3ccccc23)CC1. The highest BCUT2D eigenvalue weighted by molar-refractivity contribution is 5.89. The number of piperidine rings is 1. The Morgan fingerprint density at radius 3 is 2.55 bits per heavy atom. The summed E-state index contributed by atoms with van der Waals surface area (Å²) in [4.78, 5) is 11.1. The first-order valence-electron chi connectivity index (χ1n) is 7.23. The van der Waals surface area contributed by atoms with Crippen molar-refractivity contribution in [3.63, 3.8) is 0 Å². The van der Waals surface area contributed by atoms with Crippen LogP contribution >= 0.6 is 0 Å². The molecule has 1 saturated heterocycles. The molecule has 1 aromatic carbocycles. The molecule has 0 aliphatic carbocycles. The van der Waals surface area contributed by atoms with E-state index in [1.54, 1.807) is 6.33 Å². The highest BCUT2D eigenvalue weighted by atomic mass is 16.3. The van der Waals surface area contributed by atoms with Gasteiger partial charge in [-0.2, -0.15) is 0 Å². The van der Waals surface area contributed by atoms with E-state index in [1.807, 2.05) is 32.0 Å². The molecule has 2 heterocycles. The number of benzene rings is 1. The van der Waals surface area contributed by atoms with E-state index in [0.717, 1.165) is 42.7 Å². The van der Waals surface area contributed by atoms with Gasteiger partial charge in [0.1, 0.15) is 12.1 Å². The largest absolute Gasteiger partial charge is 0.390 e. The Morgan fingerprint density at radius 2 is 1.85 bits per heavy atom. The molecule has 0 spiro atoms. The predicted molar refractivity (Wildman–Crippen MR) is 80.8 cm³/mol. The van der Waals surface area contributed by atoms with E-state index in [2.05, 4.69) is 20.9 Å². The Kier molecular flexibility index (Phi) is 3.34. The molecular weight excluding hydrogens is 250 g/mol. The van der Waals surface area contributed by atoms with Gasteiger partial charge < -0.3 is 10.0 Å². The molecule has 0 bridgehead atoms. The van der Waals surface area contributed by atoms with Gasteiger partial charge in [-0.25, -0.2) is 9.97 Å². The van der Waals surface area contributed by atoms with Crippen LogP contribution in [0.15, 0.2) is 30.6 Å². The van der Waals surface area contributed by atoms with Crippen molar-refractivity contribution in [1.82, 2.24) is 9.97 Å². The van der Waals surface area contributed by atoms with Crippen molar-refractivity contribution < 1.29 is 5.11 Å². The molecule has 0 amide bonds. The molecule has 0 radical (unpaired) electrons. The minimum atomic E-state index is -0.584. The lowest BCUT2D eigenvalue weighted by molar-refractivity contribution is 0.00648. The van der Waals surface area contributed by atoms with Crippen LogP contribution in [-0.4, -0.2) is 33.8 Å². The third kappa shape index (κ3) is 2.48. The van der Waals surface area contributed by atoms with Crippen LogP contribution in [0.2, 0.25) is 0 Å². The average Bonchev–Trinajstić information content (AvgIpc) is 2.46. The molecule has 1 aliphatic rings. The van der Waals surface area contributed by atoms with E-state index >= 15 is 0 Å². The Balaban J connectivity index is 1.84. The third-order valence-electron chi connectivity index (χ3n) is 4.32. The average molecular weight is 271 g/mol. The monoisotopic (exact) mass is 271 g/mol. The molecule has 1 N–H and O–H groups in total. The standard InChI is InChI=1S/C16H21N3O/c1-16(2,20)12-7-9-19(10-8-12)15-13-5-3-4-6-14(13)17-11-18-15/h3-6,11-12,20H,7-10H2,1-2H3. The number of hydrogen-bond donors (Lipinski definition) is 1. The van der Waals surface area contributed by atoms with Gasteiger partial charge in [0.15, 0.2) is 0 Å². The fraction of sp³-hybridized carbons (Fsp3) is 0.500. The van der Waals surface area contributed by atoms with Crippen molar-refractivity contribution in [3.05, 3.63) is 30.6 Å². The molecule has 3 rings (SSSR count). The number of aliphatic hydroxyl groups is 1. The maximum absolute atomic E-state index is 10.1. The first-order chi connectivity index (χ1) is 9.55. The summed E-state index contributed by atoms with van der Waals surface area (Å²) in [6.45, 7) is 5.70. The van der Waals surface area contributed by atoms with Crippen LogP contribution in [0.1, 0.15) is 26.7 Å². The second-order valence-corrected chi connectivity index (χ2v) is 6.13. The lowest BCUT2D eigenvalue weighted by atomic mass is 9.83. The number of rotatable bonds is 2. The molecule has 0 unspecified atom stereocenters. The topological polar surface area (TPSA) is 49.2 Å². The van der Waals surface area contributed by atoms with Gasteiger partial charge in [0.2, 0.25) is 0 Å². The van der Waals surface area contributed by atoms with Gasteiger partial charge in [-0.3, -0.25) is 0 Å². The van der Waals surface area contributed by atoms with E-state index in [9.17, 15) is 5.11 Å². The molecule has 4 heteroatoms. The zero-order valence-corrected chi connectivity index (χ0v) is 12.1. The summed E-state index contributed by atoms with van der Waals surface area (Å²) < 4.78 is 0. The zero-order valence-electron chi connectivity index (χ0n) is 12.1. The van der Waals surface area contributed by atoms with E-state index < -0.39 is 5.60 Å². The van der Waals surface area contributed by atoms with Crippen LogP contribution in [0.5, 0.6) is 0 Å². The summed E-state index contributed by atoms with van der Waals surface area (Å²) >= 11 is 0. The lowest BCUT2D eigenvalue weighted by Gasteiger charge is -2.38. The highest BCUT2D eigenvalue weighted by Crippen LogP contribution is 2.31. The Bertz CT molecular complexity index is 593. The summed E-state index contributed by atoms with van der Waals surface area (Å²) in [5.41, 5.74) is 0.405. The van der Waals surface area contributed by atoms with Crippen molar-refractivity contribution in [2.75, 3.05) is 18.0 Å². The molecule has 106 valence electrons. The normalized spacial score (nSPS) is 17.6. The predicted octanol–water partition coefficient (Wildman–Crippen LogP) is 2.62. The number of para-hydroxylation sites is 1. The van der Waals surface area contributed by atoms with Crippen LogP contribution in [0, 0.1) is 5.92 Å². The van der Waals surface area contributed by atoms with Crippen LogP contribution in [0.25, 0.3) is 10.9 Å². The second-order valence-electron chi connectivity index (χ2n) is 6.13. The lowest BCUT2D eigenvalue weighted by Crippen LogP contribution is -2.42. The summed E-state index contributed by atoms with van der Waals surface area (Å²) in [7, 11) is 0. The maximum Gasteiger partial charge on any atom is 0.139 e. The van der Waals surface area contributed by atoms with Gasteiger partial charge in [-0.05, 0) is 44.7 Å². The zero-order chi connectivity index (χ0) is 14.2. The van der Waals surface area contributed by atoms with E-state index in [0.29, 0.717) is 5.92 Å². The van der Waals surface area contributed by atoms with Crippen molar-refractivity contribution >= 4 is 16.7 Å². The van der Waals surface area contributed by atoms with Gasteiger partial charge in [0, 0.05) is 18.5 Å². The van der Waals surface area contributed by atoms with Crippen molar-refractivity contribution in [2.45, 2.75) is 32.3 Å². The molecule has 1 fully saturated rings. The van der Waals surface area contributed by atoms with Crippen molar-refractivity contribution in [3.8, 4) is 0 Å². The first-order valence-corrected chi connectivity index (χ1v) is 7.23. The quantitative estimate of drug-likeness (QED) is 0.912. The first kappa shape index (κ1) is 13.3. The summed E-state index contributed by atoms with van der Waals surface area (Å²) in [6, 6.07) is 8.12. The van der Waals surface area contributed by atoms with Gasteiger partial charge >= 0.3 is 0 Å².